The molecule has 0 aliphatic heterocycles. The number of nitrogens with one attached hydrogen (secondary N) is 1. The zero-order valence-electron chi connectivity index (χ0n) is 19.2. The van der Waals surface area contributed by atoms with Gasteiger partial charge in [0.2, 0.25) is 0 Å². The van der Waals surface area contributed by atoms with Crippen LogP contribution in [0, 0.1) is 0 Å². The van der Waals surface area contributed by atoms with Crippen molar-refractivity contribution < 1.29 is 35.9 Å². The zero-order chi connectivity index (χ0) is 27.0. The lowest BCUT2D eigenvalue weighted by Gasteiger charge is -2.16. The number of para-hydroxylation sites is 1. The number of fused-ring (bicyclic) bond motifs is 1. The molecule has 0 aliphatic carbocycles. The lowest BCUT2D eigenvalue weighted by atomic mass is 9.96. The molecule has 37 heavy (non-hydrogen) atoms. The van der Waals surface area contributed by atoms with Crippen LogP contribution >= 0.6 is 0 Å². The number of nitrogens with zero attached hydrogens (tertiary/aromatic N) is 1. The Balaban J connectivity index is 1.76. The van der Waals surface area contributed by atoms with Crippen LogP contribution in [0.5, 0.6) is 0 Å². The minimum atomic E-state index is -5.10. The summed E-state index contributed by atoms with van der Waals surface area (Å²) in [5.74, 6) is -1.60. The minimum absolute atomic E-state index is 0.0419. The lowest BCUT2D eigenvalue weighted by molar-refractivity contribution is -0.143. The second-order valence-corrected chi connectivity index (χ2v) is 8.17. The summed E-state index contributed by atoms with van der Waals surface area (Å²) in [6, 6.07) is 14.2. The van der Waals surface area contributed by atoms with Crippen LogP contribution in [0.25, 0.3) is 22.0 Å². The predicted molar refractivity (Wildman–Crippen MR) is 126 cm³/mol. The van der Waals surface area contributed by atoms with E-state index in [4.69, 9.17) is 0 Å². The summed E-state index contributed by atoms with van der Waals surface area (Å²) in [5, 5.41) is 3.16. The van der Waals surface area contributed by atoms with Crippen molar-refractivity contribution in [3.8, 4) is 11.1 Å². The van der Waals surface area contributed by atoms with Crippen molar-refractivity contribution in [3.63, 3.8) is 0 Å². The van der Waals surface area contributed by atoms with Crippen molar-refractivity contribution in [2.45, 2.75) is 25.7 Å². The summed E-state index contributed by atoms with van der Waals surface area (Å²) in [7, 11) is 0. The highest BCUT2D eigenvalue weighted by atomic mass is 19.4. The number of aromatic nitrogens is 1. The van der Waals surface area contributed by atoms with Crippen LogP contribution in [-0.2, 0) is 12.4 Å². The number of Topliss-reactive ketones (excluding diaryl/α,β-unsaturated/α-hetero) is 1. The quantitative estimate of drug-likeness (QED) is 0.218. The molecule has 1 N–H and O–H groups in total. The molecule has 3 aromatic carbocycles. The summed E-state index contributed by atoms with van der Waals surface area (Å²) in [4.78, 5) is 29.9. The van der Waals surface area contributed by atoms with Gasteiger partial charge in [-0.2, -0.15) is 26.3 Å². The van der Waals surface area contributed by atoms with E-state index in [0.717, 1.165) is 5.39 Å². The van der Waals surface area contributed by atoms with Crippen LogP contribution in [0.4, 0.5) is 32.0 Å². The summed E-state index contributed by atoms with van der Waals surface area (Å²) in [6.07, 6.45) is -8.55. The van der Waals surface area contributed by atoms with Crippen molar-refractivity contribution in [1.82, 2.24) is 4.98 Å². The molecule has 0 atom stereocenters. The first-order valence-electron chi connectivity index (χ1n) is 11.0. The van der Waals surface area contributed by atoms with E-state index in [1.165, 1.54) is 12.1 Å². The van der Waals surface area contributed by atoms with E-state index in [9.17, 15) is 35.9 Å². The second kappa shape index (κ2) is 9.68. The molecule has 4 nitrogen and oxygen atoms in total. The maximum Gasteiger partial charge on any atom is 0.416 e. The van der Waals surface area contributed by atoms with Gasteiger partial charge in [0.15, 0.2) is 5.78 Å². The van der Waals surface area contributed by atoms with Crippen LogP contribution in [0.15, 0.2) is 72.9 Å². The lowest BCUT2D eigenvalue weighted by Crippen LogP contribution is -2.18. The van der Waals surface area contributed by atoms with Crippen molar-refractivity contribution in [1.29, 1.82) is 0 Å². The third kappa shape index (κ3) is 5.47. The van der Waals surface area contributed by atoms with Gasteiger partial charge in [0.1, 0.15) is 0 Å². The third-order valence-corrected chi connectivity index (χ3v) is 5.68. The first kappa shape index (κ1) is 25.9. The molecule has 0 saturated carbocycles. The Labute approximate surface area is 207 Å². The van der Waals surface area contributed by atoms with Crippen LogP contribution in [0.3, 0.4) is 0 Å². The van der Waals surface area contributed by atoms with Gasteiger partial charge >= 0.3 is 12.4 Å². The predicted octanol–water partition coefficient (Wildman–Crippen LogP) is 7.78. The molecule has 0 unspecified atom stereocenters. The molecule has 10 heteroatoms. The highest BCUT2D eigenvalue weighted by Gasteiger charge is 2.37. The number of anilines is 1. The second-order valence-electron chi connectivity index (χ2n) is 8.17. The molecule has 1 aromatic heterocycles. The largest absolute Gasteiger partial charge is 0.416 e. The normalized spacial score (nSPS) is 12.0. The third-order valence-electron chi connectivity index (χ3n) is 5.68. The molecule has 1 heterocycles. The van der Waals surface area contributed by atoms with Crippen molar-refractivity contribution in [2.24, 2.45) is 0 Å². The van der Waals surface area contributed by atoms with Crippen molar-refractivity contribution in [3.05, 3.63) is 95.2 Å². The zero-order valence-corrected chi connectivity index (χ0v) is 19.2. The van der Waals surface area contributed by atoms with Crippen LogP contribution in [0.1, 0.15) is 45.2 Å². The average Bonchev–Trinajstić information content (AvgIpc) is 2.86. The van der Waals surface area contributed by atoms with Crippen molar-refractivity contribution >= 4 is 28.3 Å². The number of hydrogen-bond donors (Lipinski definition) is 1. The standard InChI is InChI=1S/C27H18F6N2O2/c1-2-23(36)21-13-16(20-7-3-5-15-6-4-10-34-24(15)20)8-9-22(21)35-25(37)17-11-18(26(28,29)30)14-19(12-17)27(31,32)33/h3-14H,2H2,1H3,(H,35,37). The number of rotatable bonds is 5. The number of carbonyl (C=O) groups excluding carboxylic acids is 2. The van der Waals surface area contributed by atoms with Gasteiger partial charge in [0, 0.05) is 34.7 Å². The number of pyridine rings is 1. The fourth-order valence-corrected chi connectivity index (χ4v) is 3.86. The number of halogens is 6. The molecule has 1 amide bonds. The average molecular weight is 516 g/mol. The summed E-state index contributed by atoms with van der Waals surface area (Å²) in [6.45, 7) is 1.59. The molecule has 4 rings (SSSR count). The molecule has 190 valence electrons. The Morgan fingerprint density at radius 3 is 2.11 bits per heavy atom. The Hall–Kier alpha value is -4.21. The van der Waals surface area contributed by atoms with Gasteiger partial charge in [-0.25, -0.2) is 0 Å². The first-order valence-corrected chi connectivity index (χ1v) is 11.0. The van der Waals surface area contributed by atoms with Gasteiger partial charge in [-0.15, -0.1) is 0 Å². The molecule has 0 fully saturated rings. The van der Waals surface area contributed by atoms with Crippen molar-refractivity contribution in [2.75, 3.05) is 5.32 Å². The van der Waals surface area contributed by atoms with Gasteiger partial charge in [-0.1, -0.05) is 37.3 Å². The molecule has 4 aromatic rings. The van der Waals surface area contributed by atoms with E-state index in [2.05, 4.69) is 10.3 Å². The molecule has 0 spiro atoms. The maximum absolute atomic E-state index is 13.2. The Morgan fingerprint density at radius 1 is 0.838 bits per heavy atom. The fourth-order valence-electron chi connectivity index (χ4n) is 3.86. The van der Waals surface area contributed by atoms with Gasteiger partial charge in [-0.3, -0.25) is 14.6 Å². The van der Waals surface area contributed by atoms with E-state index in [1.807, 2.05) is 18.2 Å². The molecule has 0 saturated heterocycles. The van der Waals surface area contributed by atoms with Gasteiger partial charge in [-0.05, 0) is 42.0 Å². The fraction of sp³-hybridized carbons (Fsp3) is 0.148. The summed E-state index contributed by atoms with van der Waals surface area (Å²) in [5.41, 5.74) is -2.09. The monoisotopic (exact) mass is 516 g/mol. The van der Waals surface area contributed by atoms with E-state index in [0.29, 0.717) is 28.8 Å². The summed E-state index contributed by atoms with van der Waals surface area (Å²) < 4.78 is 79.3. The highest BCUT2D eigenvalue weighted by Crippen LogP contribution is 2.37. The number of alkyl halides is 6. The molecule has 0 aliphatic rings. The minimum Gasteiger partial charge on any atom is -0.321 e. The SMILES string of the molecule is CCC(=O)c1cc(-c2cccc3cccnc23)ccc1NC(=O)c1cc(C(F)(F)F)cc(C(F)(F)F)c1. The first-order chi connectivity index (χ1) is 17.4. The number of amides is 1. The van der Waals surface area contributed by atoms with E-state index >= 15 is 0 Å². The topological polar surface area (TPSA) is 59.1 Å². The Morgan fingerprint density at radius 2 is 1.49 bits per heavy atom. The van der Waals surface area contributed by atoms with E-state index in [1.54, 1.807) is 31.3 Å². The molecular formula is C27H18F6N2O2. The number of carbonyl (C=O) groups is 2. The number of ketones is 1. The summed E-state index contributed by atoms with van der Waals surface area (Å²) >= 11 is 0. The van der Waals surface area contributed by atoms with E-state index in [-0.39, 0.29) is 29.5 Å². The molecular weight excluding hydrogens is 498 g/mol. The van der Waals surface area contributed by atoms with Crippen LogP contribution < -0.4 is 5.32 Å². The number of hydrogen-bond acceptors (Lipinski definition) is 3. The van der Waals surface area contributed by atoms with Crippen LogP contribution in [0.2, 0.25) is 0 Å². The Kier molecular flexibility index (Phi) is 6.77. The molecule has 0 bridgehead atoms. The van der Waals surface area contributed by atoms with Crippen LogP contribution in [-0.4, -0.2) is 16.7 Å². The van der Waals surface area contributed by atoms with Gasteiger partial charge < -0.3 is 5.32 Å². The maximum atomic E-state index is 13.2. The molecule has 0 radical (unpaired) electrons. The van der Waals surface area contributed by atoms with E-state index < -0.39 is 35.0 Å². The van der Waals surface area contributed by atoms with Gasteiger partial charge in [0.05, 0.1) is 22.3 Å². The highest BCUT2D eigenvalue weighted by molar-refractivity contribution is 6.10. The number of benzene rings is 3. The Bertz CT molecular complexity index is 1470. The smallest absolute Gasteiger partial charge is 0.321 e. The van der Waals surface area contributed by atoms with Gasteiger partial charge in [0.25, 0.3) is 5.91 Å².